The second-order valence-corrected chi connectivity index (χ2v) is 3.49. The third kappa shape index (κ3) is 4.04. The molecule has 0 radical (unpaired) electrons. The Morgan fingerprint density at radius 1 is 1.38 bits per heavy atom. The normalized spacial score (nSPS) is 12.1. The fraction of sp³-hybridized carbons (Fsp3) is 0.385. The van der Waals surface area contributed by atoms with Gasteiger partial charge in [0.1, 0.15) is 5.75 Å². The molecule has 1 aromatic carbocycles. The molecular formula is C13H18O3. The van der Waals surface area contributed by atoms with Crippen LogP contribution in [0.4, 0.5) is 0 Å². The lowest BCUT2D eigenvalue weighted by Crippen LogP contribution is -2.16. The molecule has 0 saturated carbocycles. The quantitative estimate of drug-likeness (QED) is 0.718. The van der Waals surface area contributed by atoms with E-state index in [2.05, 4.69) is 6.58 Å². The van der Waals surface area contributed by atoms with Gasteiger partial charge < -0.3 is 14.6 Å². The van der Waals surface area contributed by atoms with E-state index in [9.17, 15) is 0 Å². The van der Waals surface area contributed by atoms with Crippen LogP contribution in [0.5, 0.6) is 5.75 Å². The van der Waals surface area contributed by atoms with Gasteiger partial charge >= 0.3 is 0 Å². The summed E-state index contributed by atoms with van der Waals surface area (Å²) >= 11 is 0. The minimum Gasteiger partial charge on any atom is -0.497 e. The number of hydrogen-bond donors (Lipinski definition) is 1. The molecule has 0 heterocycles. The number of methoxy groups -OCH3 is 1. The van der Waals surface area contributed by atoms with Crippen molar-refractivity contribution in [2.45, 2.75) is 19.1 Å². The van der Waals surface area contributed by atoms with E-state index in [1.807, 2.05) is 24.3 Å². The second-order valence-electron chi connectivity index (χ2n) is 3.49. The van der Waals surface area contributed by atoms with E-state index in [1.165, 1.54) is 0 Å². The van der Waals surface area contributed by atoms with E-state index >= 15 is 0 Å². The number of rotatable bonds is 7. The van der Waals surface area contributed by atoms with Gasteiger partial charge in [-0.25, -0.2) is 0 Å². The maximum atomic E-state index is 9.02. The summed E-state index contributed by atoms with van der Waals surface area (Å²) in [6.07, 6.45) is 2.24. The van der Waals surface area contributed by atoms with Gasteiger partial charge in [0.15, 0.2) is 0 Å². The summed E-state index contributed by atoms with van der Waals surface area (Å²) in [4.78, 5) is 0. The maximum absolute atomic E-state index is 9.02. The second kappa shape index (κ2) is 7.04. The SMILES string of the molecule is C=CC[C@H](CO)OCc1ccc(OC)cc1. The Kier molecular flexibility index (Phi) is 5.61. The molecule has 0 aliphatic heterocycles. The Bertz CT molecular complexity index is 305. The van der Waals surface area contributed by atoms with Crippen molar-refractivity contribution in [1.29, 1.82) is 0 Å². The molecule has 1 atom stereocenters. The molecule has 3 heteroatoms. The van der Waals surface area contributed by atoms with Gasteiger partial charge in [0.25, 0.3) is 0 Å². The highest BCUT2D eigenvalue weighted by atomic mass is 16.5. The first-order chi connectivity index (χ1) is 7.80. The molecule has 0 fully saturated rings. The number of aliphatic hydroxyl groups excluding tert-OH is 1. The first-order valence-corrected chi connectivity index (χ1v) is 5.26. The van der Waals surface area contributed by atoms with Gasteiger partial charge in [0, 0.05) is 0 Å². The highest BCUT2D eigenvalue weighted by Crippen LogP contribution is 2.13. The summed E-state index contributed by atoms with van der Waals surface area (Å²) in [6, 6.07) is 7.67. The summed E-state index contributed by atoms with van der Waals surface area (Å²) in [5.74, 6) is 0.827. The van der Waals surface area contributed by atoms with Crippen LogP contribution in [0.3, 0.4) is 0 Å². The number of ether oxygens (including phenoxy) is 2. The van der Waals surface area contributed by atoms with E-state index in [4.69, 9.17) is 14.6 Å². The minimum atomic E-state index is -0.167. The predicted molar refractivity (Wildman–Crippen MR) is 63.5 cm³/mol. The summed E-state index contributed by atoms with van der Waals surface area (Å²) < 4.78 is 10.6. The molecule has 0 saturated heterocycles. The molecule has 1 N–H and O–H groups in total. The zero-order valence-corrected chi connectivity index (χ0v) is 9.56. The van der Waals surface area contributed by atoms with Crippen LogP contribution in [0, 0.1) is 0 Å². The molecule has 16 heavy (non-hydrogen) atoms. The zero-order valence-electron chi connectivity index (χ0n) is 9.56. The Hall–Kier alpha value is -1.32. The summed E-state index contributed by atoms with van der Waals surface area (Å²) in [6.45, 7) is 4.12. The highest BCUT2D eigenvalue weighted by Gasteiger charge is 2.05. The maximum Gasteiger partial charge on any atom is 0.118 e. The lowest BCUT2D eigenvalue weighted by Gasteiger charge is -2.13. The van der Waals surface area contributed by atoms with Crippen molar-refractivity contribution in [3.8, 4) is 5.75 Å². The summed E-state index contributed by atoms with van der Waals surface area (Å²) in [7, 11) is 1.64. The predicted octanol–water partition coefficient (Wildman–Crippen LogP) is 2.15. The largest absolute Gasteiger partial charge is 0.497 e. The van der Waals surface area contributed by atoms with Crippen molar-refractivity contribution in [2.75, 3.05) is 13.7 Å². The Morgan fingerprint density at radius 2 is 2.06 bits per heavy atom. The van der Waals surface area contributed by atoms with Gasteiger partial charge in [-0.15, -0.1) is 6.58 Å². The van der Waals surface area contributed by atoms with Crippen molar-refractivity contribution in [3.05, 3.63) is 42.5 Å². The van der Waals surface area contributed by atoms with Crippen molar-refractivity contribution < 1.29 is 14.6 Å². The van der Waals surface area contributed by atoms with Crippen molar-refractivity contribution in [1.82, 2.24) is 0 Å². The van der Waals surface area contributed by atoms with Crippen LogP contribution in [0.2, 0.25) is 0 Å². The van der Waals surface area contributed by atoms with Crippen LogP contribution in [-0.4, -0.2) is 24.9 Å². The van der Waals surface area contributed by atoms with Crippen LogP contribution in [-0.2, 0) is 11.3 Å². The molecule has 0 unspecified atom stereocenters. The molecule has 0 aliphatic carbocycles. The van der Waals surface area contributed by atoms with Crippen LogP contribution in [0.25, 0.3) is 0 Å². The fourth-order valence-electron chi connectivity index (χ4n) is 1.32. The third-order valence-electron chi connectivity index (χ3n) is 2.28. The lowest BCUT2D eigenvalue weighted by atomic mass is 10.2. The van der Waals surface area contributed by atoms with E-state index < -0.39 is 0 Å². The molecular weight excluding hydrogens is 204 g/mol. The number of hydrogen-bond acceptors (Lipinski definition) is 3. The topological polar surface area (TPSA) is 38.7 Å². The van der Waals surface area contributed by atoms with Gasteiger partial charge in [-0.05, 0) is 24.1 Å². The van der Waals surface area contributed by atoms with E-state index in [0.717, 1.165) is 11.3 Å². The molecule has 3 nitrogen and oxygen atoms in total. The van der Waals surface area contributed by atoms with E-state index in [-0.39, 0.29) is 12.7 Å². The molecule has 0 bridgehead atoms. The Balaban J connectivity index is 2.43. The smallest absolute Gasteiger partial charge is 0.118 e. The first-order valence-electron chi connectivity index (χ1n) is 5.26. The van der Waals surface area contributed by atoms with Gasteiger partial charge in [0.2, 0.25) is 0 Å². The molecule has 88 valence electrons. The molecule has 1 rings (SSSR count). The van der Waals surface area contributed by atoms with Crippen molar-refractivity contribution in [2.24, 2.45) is 0 Å². The van der Waals surface area contributed by atoms with Gasteiger partial charge in [-0.1, -0.05) is 18.2 Å². The lowest BCUT2D eigenvalue weighted by molar-refractivity contribution is 0.00478. The monoisotopic (exact) mass is 222 g/mol. The van der Waals surface area contributed by atoms with Gasteiger partial charge in [0.05, 0.1) is 26.4 Å². The highest BCUT2D eigenvalue weighted by molar-refractivity contribution is 5.26. The van der Waals surface area contributed by atoms with Crippen molar-refractivity contribution in [3.63, 3.8) is 0 Å². The van der Waals surface area contributed by atoms with Crippen LogP contribution in [0.1, 0.15) is 12.0 Å². The first kappa shape index (κ1) is 12.7. The summed E-state index contributed by atoms with van der Waals surface area (Å²) in [5, 5.41) is 9.02. The average molecular weight is 222 g/mol. The molecule has 0 spiro atoms. The fourth-order valence-corrected chi connectivity index (χ4v) is 1.32. The molecule has 0 aliphatic rings. The van der Waals surface area contributed by atoms with Crippen LogP contribution >= 0.6 is 0 Å². The number of benzene rings is 1. The molecule has 1 aromatic rings. The van der Waals surface area contributed by atoms with Crippen LogP contribution in [0.15, 0.2) is 36.9 Å². The number of aliphatic hydroxyl groups is 1. The van der Waals surface area contributed by atoms with E-state index in [0.29, 0.717) is 13.0 Å². The summed E-state index contributed by atoms with van der Waals surface area (Å²) in [5.41, 5.74) is 1.06. The standard InChI is InChI=1S/C13H18O3/c1-3-4-13(9-14)16-10-11-5-7-12(15-2)8-6-11/h3,5-8,13-14H,1,4,9-10H2,2H3/t13-/m1/s1. The zero-order chi connectivity index (χ0) is 11.8. The molecule has 0 amide bonds. The van der Waals surface area contributed by atoms with Gasteiger partial charge in [-0.3, -0.25) is 0 Å². The Labute approximate surface area is 96.3 Å². The van der Waals surface area contributed by atoms with Crippen molar-refractivity contribution >= 4 is 0 Å². The van der Waals surface area contributed by atoms with Crippen LogP contribution < -0.4 is 4.74 Å². The van der Waals surface area contributed by atoms with E-state index in [1.54, 1.807) is 13.2 Å². The third-order valence-corrected chi connectivity index (χ3v) is 2.28. The molecule has 0 aromatic heterocycles. The minimum absolute atomic E-state index is 0.0160. The van der Waals surface area contributed by atoms with Gasteiger partial charge in [-0.2, -0.15) is 0 Å². The Morgan fingerprint density at radius 3 is 2.56 bits per heavy atom. The average Bonchev–Trinajstić information content (AvgIpc) is 2.35.